The van der Waals surface area contributed by atoms with Crippen LogP contribution in [0.1, 0.15) is 24.3 Å². The Bertz CT molecular complexity index is 809. The van der Waals surface area contributed by atoms with Gasteiger partial charge in [-0.25, -0.2) is 9.97 Å². The summed E-state index contributed by atoms with van der Waals surface area (Å²) in [6, 6.07) is 8.60. The van der Waals surface area contributed by atoms with E-state index in [0.29, 0.717) is 5.92 Å². The molecule has 0 bridgehead atoms. The van der Waals surface area contributed by atoms with E-state index < -0.39 is 0 Å². The predicted octanol–water partition coefficient (Wildman–Crippen LogP) is 4.13. The highest BCUT2D eigenvalue weighted by molar-refractivity contribution is 9.10. The minimum absolute atomic E-state index is 0.612. The first-order valence-electron chi connectivity index (χ1n) is 7.73. The average molecular weight is 373 g/mol. The number of nitrogens with one attached hydrogen (secondary N) is 1. The Labute approximate surface area is 142 Å². The molecule has 6 heteroatoms. The molecule has 1 aliphatic rings. The quantitative estimate of drug-likeness (QED) is 0.750. The predicted molar refractivity (Wildman–Crippen MR) is 93.2 cm³/mol. The lowest BCUT2D eigenvalue weighted by Crippen LogP contribution is -2.13. The zero-order valence-electron chi connectivity index (χ0n) is 12.6. The van der Waals surface area contributed by atoms with Crippen LogP contribution < -0.4 is 5.32 Å². The Kier molecular flexibility index (Phi) is 4.01. The summed E-state index contributed by atoms with van der Waals surface area (Å²) in [5, 5.41) is 3.35. The van der Waals surface area contributed by atoms with Gasteiger partial charge in [0, 0.05) is 37.5 Å². The largest absolute Gasteiger partial charge is 0.381 e. The molecule has 5 nitrogen and oxygen atoms in total. The number of ether oxygens (including phenoxy) is 1. The van der Waals surface area contributed by atoms with Crippen molar-refractivity contribution < 1.29 is 4.74 Å². The van der Waals surface area contributed by atoms with Gasteiger partial charge in [0.2, 0.25) is 0 Å². The molecule has 4 rings (SSSR count). The van der Waals surface area contributed by atoms with Crippen molar-refractivity contribution in [1.29, 1.82) is 0 Å². The maximum atomic E-state index is 5.43. The third kappa shape index (κ3) is 3.09. The zero-order chi connectivity index (χ0) is 15.6. The molecule has 1 N–H and O–H groups in total. The third-order valence-corrected chi connectivity index (χ3v) is 4.59. The highest BCUT2D eigenvalue weighted by Crippen LogP contribution is 2.28. The number of hydrogen-bond acceptors (Lipinski definition) is 4. The number of benzene rings is 1. The summed E-state index contributed by atoms with van der Waals surface area (Å²) in [5.74, 6) is 1.35. The van der Waals surface area contributed by atoms with Crippen molar-refractivity contribution in [1.82, 2.24) is 14.4 Å². The van der Waals surface area contributed by atoms with Gasteiger partial charge in [-0.15, -0.1) is 0 Å². The summed E-state index contributed by atoms with van der Waals surface area (Å²) >= 11 is 3.43. The molecule has 1 saturated heterocycles. The fourth-order valence-corrected chi connectivity index (χ4v) is 3.39. The van der Waals surface area contributed by atoms with Crippen molar-refractivity contribution in [2.45, 2.75) is 18.8 Å². The average Bonchev–Trinajstić information content (AvgIpc) is 3.05. The fourth-order valence-electron chi connectivity index (χ4n) is 2.99. The van der Waals surface area contributed by atoms with Crippen LogP contribution in [0.4, 0.5) is 11.5 Å². The number of anilines is 2. The van der Waals surface area contributed by atoms with Crippen LogP contribution in [0.3, 0.4) is 0 Å². The van der Waals surface area contributed by atoms with Gasteiger partial charge < -0.3 is 14.5 Å². The minimum atomic E-state index is 0.612. The van der Waals surface area contributed by atoms with Crippen LogP contribution in [-0.4, -0.2) is 27.6 Å². The number of nitrogens with zero attached hydrogens (tertiary/aromatic N) is 3. The molecule has 0 radical (unpaired) electrons. The van der Waals surface area contributed by atoms with Crippen LogP contribution in [0.5, 0.6) is 0 Å². The molecule has 0 amide bonds. The molecule has 0 unspecified atom stereocenters. The number of imidazole rings is 1. The van der Waals surface area contributed by atoms with E-state index in [4.69, 9.17) is 4.74 Å². The topological polar surface area (TPSA) is 51.5 Å². The van der Waals surface area contributed by atoms with E-state index in [1.54, 1.807) is 6.20 Å². The van der Waals surface area contributed by atoms with Crippen LogP contribution in [0.2, 0.25) is 0 Å². The smallest absolute Gasteiger partial charge is 0.180 e. The second-order valence-corrected chi connectivity index (χ2v) is 6.52. The molecule has 1 aliphatic heterocycles. The molecule has 0 spiro atoms. The molecule has 3 heterocycles. The number of fused-ring (bicyclic) bond motifs is 1. The molecule has 0 aliphatic carbocycles. The van der Waals surface area contributed by atoms with Gasteiger partial charge >= 0.3 is 0 Å². The number of halogens is 1. The molecule has 2 aromatic heterocycles. The van der Waals surface area contributed by atoms with Gasteiger partial charge in [0.15, 0.2) is 11.5 Å². The second-order valence-electron chi connectivity index (χ2n) is 5.70. The maximum Gasteiger partial charge on any atom is 0.180 e. The summed E-state index contributed by atoms with van der Waals surface area (Å²) in [6.45, 7) is 1.73. The zero-order valence-corrected chi connectivity index (χ0v) is 14.2. The summed E-state index contributed by atoms with van der Waals surface area (Å²) in [4.78, 5) is 8.84. The SMILES string of the molecule is Brc1cn2ccnc2c(Nc2ccc(C3CCOCC3)cc2)n1. The first-order valence-corrected chi connectivity index (χ1v) is 8.53. The maximum absolute atomic E-state index is 5.43. The monoisotopic (exact) mass is 372 g/mol. The van der Waals surface area contributed by atoms with Crippen LogP contribution >= 0.6 is 15.9 Å². The van der Waals surface area contributed by atoms with Gasteiger partial charge in [-0.3, -0.25) is 0 Å². The number of rotatable bonds is 3. The standard InChI is InChI=1S/C17H17BrN4O/c18-15-11-22-8-7-19-17(22)16(21-15)20-14-3-1-12(2-4-14)13-5-9-23-10-6-13/h1-4,7-8,11,13H,5-6,9-10H2,(H,20,21). The van der Waals surface area contributed by atoms with Crippen molar-refractivity contribution >= 4 is 33.1 Å². The first-order chi connectivity index (χ1) is 11.3. The van der Waals surface area contributed by atoms with E-state index in [1.807, 2.05) is 16.8 Å². The molecular weight excluding hydrogens is 356 g/mol. The lowest BCUT2D eigenvalue weighted by atomic mass is 9.92. The molecule has 23 heavy (non-hydrogen) atoms. The second kappa shape index (κ2) is 6.29. The van der Waals surface area contributed by atoms with Crippen molar-refractivity contribution in [3.8, 4) is 0 Å². The molecule has 3 aromatic rings. The van der Waals surface area contributed by atoms with E-state index >= 15 is 0 Å². The molecular formula is C17H17BrN4O. The van der Waals surface area contributed by atoms with E-state index in [9.17, 15) is 0 Å². The van der Waals surface area contributed by atoms with Crippen LogP contribution in [-0.2, 0) is 4.74 Å². The Balaban J connectivity index is 1.57. The normalized spacial score (nSPS) is 15.9. The summed E-state index contributed by atoms with van der Waals surface area (Å²) in [6.07, 6.45) is 7.77. The van der Waals surface area contributed by atoms with Gasteiger partial charge in [0.05, 0.1) is 0 Å². The van der Waals surface area contributed by atoms with Crippen LogP contribution in [0.25, 0.3) is 5.65 Å². The highest BCUT2D eigenvalue weighted by atomic mass is 79.9. The van der Waals surface area contributed by atoms with Crippen molar-refractivity contribution in [2.24, 2.45) is 0 Å². The van der Waals surface area contributed by atoms with Gasteiger partial charge in [-0.1, -0.05) is 12.1 Å². The van der Waals surface area contributed by atoms with E-state index in [-0.39, 0.29) is 0 Å². The molecule has 1 fully saturated rings. The van der Waals surface area contributed by atoms with Crippen LogP contribution in [0, 0.1) is 0 Å². The van der Waals surface area contributed by atoms with E-state index in [0.717, 1.165) is 47.8 Å². The lowest BCUT2D eigenvalue weighted by Gasteiger charge is -2.22. The Morgan fingerprint density at radius 1 is 1.17 bits per heavy atom. The Morgan fingerprint density at radius 3 is 2.74 bits per heavy atom. The Morgan fingerprint density at radius 2 is 1.96 bits per heavy atom. The molecule has 118 valence electrons. The van der Waals surface area contributed by atoms with Crippen molar-refractivity contribution in [3.63, 3.8) is 0 Å². The summed E-state index contributed by atoms with van der Waals surface area (Å²) < 4.78 is 8.14. The van der Waals surface area contributed by atoms with E-state index in [1.165, 1.54) is 5.56 Å². The summed E-state index contributed by atoms with van der Waals surface area (Å²) in [5.41, 5.74) is 3.20. The minimum Gasteiger partial charge on any atom is -0.381 e. The third-order valence-electron chi connectivity index (χ3n) is 4.21. The van der Waals surface area contributed by atoms with Crippen molar-refractivity contribution in [2.75, 3.05) is 18.5 Å². The Hall–Kier alpha value is -1.92. The van der Waals surface area contributed by atoms with Gasteiger partial charge in [0.25, 0.3) is 0 Å². The molecule has 1 aromatic carbocycles. The van der Waals surface area contributed by atoms with Gasteiger partial charge in [-0.2, -0.15) is 0 Å². The van der Waals surface area contributed by atoms with E-state index in [2.05, 4.69) is 55.5 Å². The van der Waals surface area contributed by atoms with Crippen LogP contribution in [0.15, 0.2) is 47.5 Å². The molecule has 0 atom stereocenters. The van der Waals surface area contributed by atoms with Crippen molar-refractivity contribution in [3.05, 3.63) is 53.0 Å². The highest BCUT2D eigenvalue weighted by Gasteiger charge is 2.15. The molecule has 0 saturated carbocycles. The number of aromatic nitrogens is 3. The fraction of sp³-hybridized carbons (Fsp3) is 0.294. The summed E-state index contributed by atoms with van der Waals surface area (Å²) in [7, 11) is 0. The van der Waals surface area contributed by atoms with Gasteiger partial charge in [-0.05, 0) is 52.4 Å². The van der Waals surface area contributed by atoms with Gasteiger partial charge in [0.1, 0.15) is 4.60 Å². The first kappa shape index (κ1) is 14.7. The number of hydrogen-bond donors (Lipinski definition) is 1. The lowest BCUT2D eigenvalue weighted by molar-refractivity contribution is 0.0853.